The van der Waals surface area contributed by atoms with E-state index in [1.807, 2.05) is 0 Å². The van der Waals surface area contributed by atoms with E-state index in [9.17, 15) is 9.18 Å². The molecule has 0 aromatic rings. The molecule has 0 aromatic carbocycles. The Kier molecular flexibility index (Phi) is 2.64. The van der Waals surface area contributed by atoms with Gasteiger partial charge in [-0.05, 0) is 0 Å². The van der Waals surface area contributed by atoms with E-state index >= 15 is 0 Å². The van der Waals surface area contributed by atoms with Gasteiger partial charge in [-0.3, -0.25) is 0 Å². The van der Waals surface area contributed by atoms with Gasteiger partial charge in [0.2, 0.25) is 5.67 Å². The average molecular weight is 176 g/mol. The molecule has 0 spiro atoms. The van der Waals surface area contributed by atoms with Gasteiger partial charge in [0, 0.05) is 25.6 Å². The van der Waals surface area contributed by atoms with Crippen LogP contribution in [0, 0.1) is 5.92 Å². The minimum atomic E-state index is -1.93. The molecule has 0 unspecified atom stereocenters. The summed E-state index contributed by atoms with van der Waals surface area (Å²) in [7, 11) is 1.18. The standard InChI is InChI=1S/C7H13FN2O2/c1-12-6(11)7(8)4-10-3-5(7)2-9/h5,10H,2-4,9H2,1H3/t5-,7-/m1/s1. The van der Waals surface area contributed by atoms with Gasteiger partial charge < -0.3 is 15.8 Å². The zero-order chi connectivity index (χ0) is 9.19. The second kappa shape index (κ2) is 3.37. The van der Waals surface area contributed by atoms with Crippen LogP contribution in [0.4, 0.5) is 4.39 Å². The molecule has 0 aliphatic carbocycles. The minimum Gasteiger partial charge on any atom is -0.467 e. The quantitative estimate of drug-likeness (QED) is 0.532. The Bertz CT molecular complexity index is 188. The lowest BCUT2D eigenvalue weighted by molar-refractivity contribution is -0.155. The summed E-state index contributed by atoms with van der Waals surface area (Å²) in [5.41, 5.74) is 3.39. The third-order valence-electron chi connectivity index (χ3n) is 2.23. The first kappa shape index (κ1) is 9.41. The fourth-order valence-electron chi connectivity index (χ4n) is 1.41. The number of nitrogens with one attached hydrogen (secondary N) is 1. The van der Waals surface area contributed by atoms with Crippen molar-refractivity contribution in [2.24, 2.45) is 11.7 Å². The molecular formula is C7H13FN2O2. The van der Waals surface area contributed by atoms with Gasteiger partial charge in [-0.1, -0.05) is 0 Å². The van der Waals surface area contributed by atoms with Gasteiger partial charge in [-0.15, -0.1) is 0 Å². The predicted molar refractivity (Wildman–Crippen MR) is 41.3 cm³/mol. The highest BCUT2D eigenvalue weighted by Gasteiger charge is 2.50. The molecule has 2 atom stereocenters. The second-order valence-electron chi connectivity index (χ2n) is 2.92. The molecule has 1 saturated heterocycles. The second-order valence-corrected chi connectivity index (χ2v) is 2.92. The fourth-order valence-corrected chi connectivity index (χ4v) is 1.41. The normalized spacial score (nSPS) is 35.1. The monoisotopic (exact) mass is 176 g/mol. The Morgan fingerprint density at radius 3 is 3.08 bits per heavy atom. The molecule has 1 aliphatic heterocycles. The van der Waals surface area contributed by atoms with Gasteiger partial charge in [0.05, 0.1) is 7.11 Å². The summed E-state index contributed by atoms with van der Waals surface area (Å²) in [6, 6.07) is 0. The zero-order valence-corrected chi connectivity index (χ0v) is 6.97. The molecule has 1 fully saturated rings. The van der Waals surface area contributed by atoms with Crippen molar-refractivity contribution in [1.82, 2.24) is 5.32 Å². The van der Waals surface area contributed by atoms with Crippen LogP contribution >= 0.6 is 0 Å². The van der Waals surface area contributed by atoms with Crippen LogP contribution in [-0.2, 0) is 9.53 Å². The van der Waals surface area contributed by atoms with Crippen molar-refractivity contribution >= 4 is 5.97 Å². The molecule has 0 saturated carbocycles. The fraction of sp³-hybridized carbons (Fsp3) is 0.857. The van der Waals surface area contributed by atoms with E-state index < -0.39 is 17.6 Å². The smallest absolute Gasteiger partial charge is 0.345 e. The first-order valence-electron chi connectivity index (χ1n) is 3.83. The third kappa shape index (κ3) is 1.30. The number of rotatable bonds is 2. The number of carbonyl (C=O) groups is 1. The van der Waals surface area contributed by atoms with E-state index in [-0.39, 0.29) is 13.1 Å². The maximum absolute atomic E-state index is 13.8. The maximum atomic E-state index is 13.8. The van der Waals surface area contributed by atoms with Crippen LogP contribution in [0.1, 0.15) is 0 Å². The number of methoxy groups -OCH3 is 1. The van der Waals surface area contributed by atoms with Gasteiger partial charge in [0.1, 0.15) is 0 Å². The number of nitrogens with two attached hydrogens (primary N) is 1. The highest BCUT2D eigenvalue weighted by Crippen LogP contribution is 2.26. The van der Waals surface area contributed by atoms with Crippen molar-refractivity contribution in [3.05, 3.63) is 0 Å². The molecule has 1 aliphatic rings. The van der Waals surface area contributed by atoms with Crippen LogP contribution in [0.25, 0.3) is 0 Å². The summed E-state index contributed by atoms with van der Waals surface area (Å²) in [5.74, 6) is -1.30. The van der Waals surface area contributed by atoms with Crippen LogP contribution in [0.15, 0.2) is 0 Å². The Hall–Kier alpha value is -0.680. The van der Waals surface area contributed by atoms with Crippen molar-refractivity contribution in [2.45, 2.75) is 5.67 Å². The van der Waals surface area contributed by atoms with Gasteiger partial charge in [0.15, 0.2) is 0 Å². The topological polar surface area (TPSA) is 64.3 Å². The van der Waals surface area contributed by atoms with Crippen molar-refractivity contribution < 1.29 is 13.9 Å². The Balaban J connectivity index is 2.74. The first-order valence-corrected chi connectivity index (χ1v) is 3.83. The van der Waals surface area contributed by atoms with Gasteiger partial charge in [-0.2, -0.15) is 0 Å². The average Bonchev–Trinajstić information content (AvgIpc) is 2.46. The number of hydrogen-bond donors (Lipinski definition) is 2. The van der Waals surface area contributed by atoms with E-state index in [2.05, 4.69) is 10.1 Å². The van der Waals surface area contributed by atoms with E-state index in [1.54, 1.807) is 0 Å². The summed E-state index contributed by atoms with van der Waals surface area (Å²) >= 11 is 0. The van der Waals surface area contributed by atoms with Crippen LogP contribution in [0.5, 0.6) is 0 Å². The lowest BCUT2D eigenvalue weighted by Crippen LogP contribution is -2.45. The number of alkyl halides is 1. The largest absolute Gasteiger partial charge is 0.467 e. The highest BCUT2D eigenvalue weighted by atomic mass is 19.1. The first-order chi connectivity index (χ1) is 5.65. The maximum Gasteiger partial charge on any atom is 0.345 e. The van der Waals surface area contributed by atoms with Crippen molar-refractivity contribution in [2.75, 3.05) is 26.7 Å². The number of ether oxygens (including phenoxy) is 1. The van der Waals surface area contributed by atoms with Crippen molar-refractivity contribution in [3.63, 3.8) is 0 Å². The van der Waals surface area contributed by atoms with E-state index in [0.717, 1.165) is 0 Å². The van der Waals surface area contributed by atoms with Crippen LogP contribution < -0.4 is 11.1 Å². The van der Waals surface area contributed by atoms with Crippen LogP contribution in [0.3, 0.4) is 0 Å². The summed E-state index contributed by atoms with van der Waals surface area (Å²) in [6.07, 6.45) is 0. The van der Waals surface area contributed by atoms with Crippen molar-refractivity contribution in [3.8, 4) is 0 Å². The molecule has 1 rings (SSSR count). The Morgan fingerprint density at radius 1 is 1.92 bits per heavy atom. The number of esters is 1. The van der Waals surface area contributed by atoms with E-state index in [0.29, 0.717) is 6.54 Å². The molecule has 5 heteroatoms. The summed E-state index contributed by atoms with van der Waals surface area (Å²) < 4.78 is 18.1. The molecule has 70 valence electrons. The highest BCUT2D eigenvalue weighted by molar-refractivity contribution is 5.80. The molecule has 0 bridgehead atoms. The summed E-state index contributed by atoms with van der Waals surface area (Å²) in [6.45, 7) is 0.586. The van der Waals surface area contributed by atoms with Gasteiger partial charge in [0.25, 0.3) is 0 Å². The number of hydrogen-bond acceptors (Lipinski definition) is 4. The third-order valence-corrected chi connectivity index (χ3v) is 2.23. The lowest BCUT2D eigenvalue weighted by atomic mass is 9.93. The molecule has 0 radical (unpaired) electrons. The number of halogens is 1. The molecule has 0 aromatic heterocycles. The molecule has 1 heterocycles. The van der Waals surface area contributed by atoms with E-state index in [1.165, 1.54) is 7.11 Å². The molecule has 3 N–H and O–H groups in total. The molecule has 12 heavy (non-hydrogen) atoms. The zero-order valence-electron chi connectivity index (χ0n) is 6.97. The van der Waals surface area contributed by atoms with Crippen LogP contribution in [-0.4, -0.2) is 38.4 Å². The lowest BCUT2D eigenvalue weighted by Gasteiger charge is -2.21. The Morgan fingerprint density at radius 2 is 2.58 bits per heavy atom. The Labute approximate surface area is 70.3 Å². The van der Waals surface area contributed by atoms with E-state index in [4.69, 9.17) is 5.73 Å². The predicted octanol–water partition coefficient (Wildman–Crippen LogP) is -0.954. The molecular weight excluding hydrogens is 163 g/mol. The van der Waals surface area contributed by atoms with Gasteiger partial charge >= 0.3 is 5.97 Å². The minimum absolute atomic E-state index is 0.00153. The molecule has 4 nitrogen and oxygen atoms in total. The van der Waals surface area contributed by atoms with Crippen LogP contribution in [0.2, 0.25) is 0 Å². The summed E-state index contributed by atoms with van der Waals surface area (Å²) in [5, 5.41) is 2.77. The number of carbonyl (C=O) groups excluding carboxylic acids is 1. The molecule has 0 amide bonds. The van der Waals surface area contributed by atoms with Crippen molar-refractivity contribution in [1.29, 1.82) is 0 Å². The van der Waals surface area contributed by atoms with Gasteiger partial charge in [-0.25, -0.2) is 9.18 Å². The summed E-state index contributed by atoms with van der Waals surface area (Å²) in [4.78, 5) is 11.0. The SMILES string of the molecule is COC(=O)[C@@]1(F)CNC[C@H]1CN.